The minimum atomic E-state index is 0.649. The fraction of sp³-hybridized carbons (Fsp3) is 0. The second-order valence-corrected chi connectivity index (χ2v) is 31.1. The molecule has 124 heavy (non-hydrogen) atoms. The lowest BCUT2D eigenvalue weighted by Gasteiger charge is -2.12. The fourth-order valence-corrected chi connectivity index (χ4v) is 18.8. The maximum absolute atomic E-state index is 9.71. The molecule has 0 unspecified atom stereocenters. The van der Waals surface area contributed by atoms with Crippen LogP contribution in [0.5, 0.6) is 0 Å². The number of fused-ring (bicyclic) bond motifs is 18. The van der Waals surface area contributed by atoms with Gasteiger partial charge in [-0.25, -0.2) is 4.85 Å². The molecule has 0 aliphatic heterocycles. The molecule has 0 radical (unpaired) electrons. The van der Waals surface area contributed by atoms with Crippen LogP contribution in [0.4, 0.5) is 5.69 Å². The lowest BCUT2D eigenvalue weighted by molar-refractivity contribution is 1.16. The Morgan fingerprint density at radius 3 is 0.806 bits per heavy atom. The Bertz CT molecular complexity index is 8730. The second-order valence-electron chi connectivity index (χ2n) is 31.1. The molecule has 574 valence electrons. The Kier molecular flexibility index (Phi) is 17.6. The van der Waals surface area contributed by atoms with Crippen LogP contribution in [0, 0.1) is 51.9 Å². The summed E-state index contributed by atoms with van der Waals surface area (Å²) in [6.45, 7) is 7.26. The lowest BCUT2D eigenvalue weighted by atomic mass is 10.00. The van der Waals surface area contributed by atoms with Crippen LogP contribution in [-0.2, 0) is 0 Å². The first-order chi connectivity index (χ1) is 61.3. The highest BCUT2D eigenvalue weighted by Gasteiger charge is 2.23. The molecule has 11 nitrogen and oxygen atoms in total. The molecule has 0 N–H and O–H groups in total. The summed E-state index contributed by atoms with van der Waals surface area (Å²) in [5, 5.41) is 52.3. The first-order valence-electron chi connectivity index (χ1n) is 41.0. The first-order valence-corrected chi connectivity index (χ1v) is 41.0. The van der Waals surface area contributed by atoms with E-state index in [1.807, 2.05) is 121 Å². The average molecular weight is 1580 g/mol. The van der Waals surface area contributed by atoms with Crippen molar-refractivity contribution in [2.24, 2.45) is 0 Å². The van der Waals surface area contributed by atoms with Crippen LogP contribution >= 0.6 is 0 Å². The summed E-state index contributed by atoms with van der Waals surface area (Å²) in [5.41, 5.74) is 29.7. The van der Waals surface area contributed by atoms with Crippen molar-refractivity contribution in [3.8, 4) is 91.8 Å². The minimum Gasteiger partial charge on any atom is -0.309 e. The highest BCUT2D eigenvalue weighted by atomic mass is 15.0. The molecule has 0 aliphatic carbocycles. The van der Waals surface area contributed by atoms with Gasteiger partial charge in [0, 0.05) is 98.8 Å². The van der Waals surface area contributed by atoms with Gasteiger partial charge in [-0.3, -0.25) is 0 Å². The lowest BCUT2D eigenvalue weighted by Crippen LogP contribution is -1.96. The van der Waals surface area contributed by atoms with Crippen molar-refractivity contribution in [2.45, 2.75) is 0 Å². The van der Waals surface area contributed by atoms with Gasteiger partial charge in [-0.2, -0.15) is 21.0 Å². The molecule has 0 fully saturated rings. The summed E-state index contributed by atoms with van der Waals surface area (Å²) in [6, 6.07) is 150. The Morgan fingerprint density at radius 1 is 0.185 bits per heavy atom. The number of hydrogen-bond acceptors (Lipinski definition) is 4. The quantitative estimate of drug-likeness (QED) is 0.133. The Labute approximate surface area is 712 Å². The number of nitrogens with zero attached hydrogens (tertiary/aromatic N) is 11. The van der Waals surface area contributed by atoms with E-state index in [0.29, 0.717) is 27.9 Å². The van der Waals surface area contributed by atoms with Crippen molar-refractivity contribution >= 4 is 137 Å². The molecule has 0 amide bonds. The zero-order valence-corrected chi connectivity index (χ0v) is 66.6. The van der Waals surface area contributed by atoms with Crippen molar-refractivity contribution in [1.29, 1.82) is 21.0 Å². The standard InChI is InChI=1S/2C38H22N4.C37H23N3/c39-23-25-7-5-8-27(19-25)28-9-6-10-29(21-28)41-36-14-4-2-12-32(36)34-22-30(16-18-38(34)41)42-35-13-3-1-11-31(35)33-20-26(24-40)15-17-37(33)42;39-23-25-16-18-37-33(20-25)31-12-3-5-14-35(31)42(37)29-17-19-38-34(22-29)32-13-4-6-15-36(32)41(38)28-10-7-9-26(21-28)30-11-2-1-8-27(30)24-40;1-38-27-19-17-25(18-20-27)26-9-8-10-28(23-26)39-36-16-7-4-13-32(36)33-24-29(21-22-37(33)39)40-34-14-5-2-11-30(34)31-12-3-6-15-35(31)40/h2*1-22H;2-24H. The van der Waals surface area contributed by atoms with E-state index in [4.69, 9.17) is 6.57 Å². The van der Waals surface area contributed by atoms with E-state index in [9.17, 15) is 21.0 Å². The molecular formula is C113H67N11. The topological polar surface area (TPSA) is 129 Å². The molecule has 0 spiro atoms. The molecule has 11 heteroatoms. The number of para-hydroxylation sites is 7. The number of benzene rings is 18. The van der Waals surface area contributed by atoms with Gasteiger partial charge in [0.05, 0.1) is 119 Å². The molecule has 0 aliphatic rings. The molecule has 24 rings (SSSR count). The van der Waals surface area contributed by atoms with Gasteiger partial charge in [0.1, 0.15) is 0 Å². The van der Waals surface area contributed by atoms with E-state index in [2.05, 4.69) is 342 Å². The maximum Gasteiger partial charge on any atom is 0.187 e. The van der Waals surface area contributed by atoms with Crippen LogP contribution in [-0.4, -0.2) is 27.4 Å². The van der Waals surface area contributed by atoms with Crippen molar-refractivity contribution in [3.05, 3.63) is 440 Å². The van der Waals surface area contributed by atoms with Crippen LogP contribution in [0.3, 0.4) is 0 Å². The largest absolute Gasteiger partial charge is 0.309 e. The van der Waals surface area contributed by atoms with Crippen LogP contribution in [0.15, 0.2) is 406 Å². The fourth-order valence-electron chi connectivity index (χ4n) is 18.8. The van der Waals surface area contributed by atoms with E-state index >= 15 is 0 Å². The summed E-state index contributed by atoms with van der Waals surface area (Å²) in [6.07, 6.45) is 0. The number of aromatic nitrogens is 6. The summed E-state index contributed by atoms with van der Waals surface area (Å²) in [4.78, 5) is 3.53. The Hall–Kier alpha value is -17.8. The van der Waals surface area contributed by atoms with Gasteiger partial charge >= 0.3 is 0 Å². The Morgan fingerprint density at radius 2 is 0.452 bits per heavy atom. The number of nitriles is 4. The Balaban J connectivity index is 0.000000111. The van der Waals surface area contributed by atoms with Crippen LogP contribution in [0.1, 0.15) is 22.3 Å². The van der Waals surface area contributed by atoms with E-state index < -0.39 is 0 Å². The van der Waals surface area contributed by atoms with Crippen molar-refractivity contribution in [3.63, 3.8) is 0 Å². The molecule has 0 atom stereocenters. The summed E-state index contributed by atoms with van der Waals surface area (Å²) in [7, 11) is 0. The van der Waals surface area contributed by atoms with Gasteiger partial charge in [0.15, 0.2) is 5.69 Å². The third kappa shape index (κ3) is 12.1. The third-order valence-electron chi connectivity index (χ3n) is 24.3. The summed E-state index contributed by atoms with van der Waals surface area (Å²) >= 11 is 0. The molecule has 6 heterocycles. The SMILES string of the molecule is N#Cc1ccc2c(c1)c1ccccc1n2-c1ccc2c(c1)c1ccccc1n2-c1cccc(-c2ccccc2C#N)c1.N#Cc1cccc(-c2cccc(-n3c4ccccc4c4cc(-n5c6ccccc6c6cc(C#N)ccc65)ccc43)c2)c1.[C-]#[N+]c1ccc(-c2cccc(-n3c4ccccc4c4cc(-n5c6ccccc6c6ccccc65)ccc43)c2)cc1. The normalized spacial score (nSPS) is 11.3. The van der Waals surface area contributed by atoms with E-state index in [1.54, 1.807) is 0 Å². The van der Waals surface area contributed by atoms with Gasteiger partial charge in [-0.05, 0) is 221 Å². The molecule has 18 aromatic carbocycles. The van der Waals surface area contributed by atoms with Crippen LogP contribution < -0.4 is 0 Å². The highest BCUT2D eigenvalue weighted by molar-refractivity contribution is 6.16. The predicted octanol–water partition coefficient (Wildman–Crippen LogP) is 28.7. The van der Waals surface area contributed by atoms with Gasteiger partial charge in [0.2, 0.25) is 0 Å². The van der Waals surface area contributed by atoms with Crippen molar-refractivity contribution < 1.29 is 0 Å². The molecule has 0 saturated heterocycles. The third-order valence-corrected chi connectivity index (χ3v) is 24.3. The molecule has 0 bridgehead atoms. The van der Waals surface area contributed by atoms with E-state index in [0.717, 1.165) is 139 Å². The average Bonchev–Trinajstić information content (AvgIpc) is 1.58. The van der Waals surface area contributed by atoms with Gasteiger partial charge < -0.3 is 27.4 Å². The summed E-state index contributed by atoms with van der Waals surface area (Å²) < 4.78 is 13.9. The minimum absolute atomic E-state index is 0.649. The molecule has 24 aromatic rings. The van der Waals surface area contributed by atoms with Gasteiger partial charge in [-0.1, -0.05) is 218 Å². The number of hydrogen-bond donors (Lipinski definition) is 0. The van der Waals surface area contributed by atoms with E-state index in [-0.39, 0.29) is 0 Å². The zero-order valence-electron chi connectivity index (χ0n) is 66.6. The number of rotatable bonds is 9. The van der Waals surface area contributed by atoms with Crippen LogP contribution in [0.25, 0.3) is 203 Å². The first kappa shape index (κ1) is 72.7. The maximum atomic E-state index is 9.71. The zero-order chi connectivity index (χ0) is 83.0. The van der Waals surface area contributed by atoms with Gasteiger partial charge in [0.25, 0.3) is 0 Å². The predicted molar refractivity (Wildman–Crippen MR) is 507 cm³/mol. The van der Waals surface area contributed by atoms with Crippen molar-refractivity contribution in [2.75, 3.05) is 0 Å². The highest BCUT2D eigenvalue weighted by Crippen LogP contribution is 2.44. The molecule has 6 aromatic heterocycles. The monoisotopic (exact) mass is 1580 g/mol. The second kappa shape index (κ2) is 30.0. The smallest absolute Gasteiger partial charge is 0.187 e. The molecule has 0 saturated carbocycles. The summed E-state index contributed by atoms with van der Waals surface area (Å²) in [5.74, 6) is 0. The molecular weight excluding hydrogens is 1510 g/mol. The van der Waals surface area contributed by atoms with E-state index in [1.165, 1.54) is 59.8 Å². The van der Waals surface area contributed by atoms with Crippen molar-refractivity contribution in [1.82, 2.24) is 27.4 Å². The van der Waals surface area contributed by atoms with Crippen LogP contribution in [0.2, 0.25) is 0 Å². The van der Waals surface area contributed by atoms with Gasteiger partial charge in [-0.15, -0.1) is 0 Å².